The van der Waals surface area contributed by atoms with Gasteiger partial charge in [0.25, 0.3) is 5.91 Å². The van der Waals surface area contributed by atoms with Crippen LogP contribution in [-0.4, -0.2) is 21.3 Å². The molecule has 0 saturated heterocycles. The average molecular weight is 278 g/mol. The highest BCUT2D eigenvalue weighted by molar-refractivity contribution is 6.02. The molecule has 5 nitrogen and oxygen atoms in total. The van der Waals surface area contributed by atoms with E-state index in [1.165, 1.54) is 6.20 Å². The van der Waals surface area contributed by atoms with Gasteiger partial charge >= 0.3 is 0 Å². The zero-order valence-corrected chi connectivity index (χ0v) is 11.5. The van der Waals surface area contributed by atoms with E-state index >= 15 is 0 Å². The molecular formula is C16H14N4O. The second-order valence-electron chi connectivity index (χ2n) is 4.71. The summed E-state index contributed by atoms with van der Waals surface area (Å²) in [5.41, 5.74) is 4.35. The highest BCUT2D eigenvalue weighted by Gasteiger charge is 2.10. The van der Waals surface area contributed by atoms with Gasteiger partial charge in [0.05, 0.1) is 6.20 Å². The smallest absolute Gasteiger partial charge is 0.277 e. The Balaban J connectivity index is 1.90. The number of rotatable bonds is 3. The topological polar surface area (TPSA) is 70.7 Å². The summed E-state index contributed by atoms with van der Waals surface area (Å²) in [4.78, 5) is 12.0. The number of amides is 1. The summed E-state index contributed by atoms with van der Waals surface area (Å²) in [5.74, 6) is -0.286. The predicted molar refractivity (Wildman–Crippen MR) is 81.0 cm³/mol. The van der Waals surface area contributed by atoms with Crippen LogP contribution in [0.1, 0.15) is 16.1 Å². The van der Waals surface area contributed by atoms with E-state index in [0.29, 0.717) is 0 Å². The van der Waals surface area contributed by atoms with Gasteiger partial charge in [0.2, 0.25) is 0 Å². The molecule has 3 aromatic rings. The number of aromatic amines is 1. The lowest BCUT2D eigenvalue weighted by atomic mass is 10.00. The van der Waals surface area contributed by atoms with Crippen LogP contribution < -0.4 is 5.32 Å². The Morgan fingerprint density at radius 3 is 2.67 bits per heavy atom. The van der Waals surface area contributed by atoms with Crippen molar-refractivity contribution in [1.82, 2.24) is 15.4 Å². The van der Waals surface area contributed by atoms with Gasteiger partial charge < -0.3 is 5.32 Å². The average Bonchev–Trinajstić information content (AvgIpc) is 3.04. The predicted octanol–water partition coefficient (Wildman–Crippen LogP) is 3.03. The van der Waals surface area contributed by atoms with Crippen LogP contribution in [0.2, 0.25) is 0 Å². The number of aromatic nitrogens is 3. The molecule has 0 unspecified atom stereocenters. The van der Waals surface area contributed by atoms with Crippen LogP contribution in [0.15, 0.2) is 54.7 Å². The lowest BCUT2D eigenvalue weighted by Gasteiger charge is -2.10. The number of hydrogen-bond acceptors (Lipinski definition) is 3. The molecule has 0 spiro atoms. The number of H-pyrrole nitrogens is 1. The first-order chi connectivity index (χ1) is 10.2. The van der Waals surface area contributed by atoms with Crippen molar-refractivity contribution in [2.75, 3.05) is 5.32 Å². The molecule has 0 atom stereocenters. The monoisotopic (exact) mass is 278 g/mol. The Kier molecular flexibility index (Phi) is 3.47. The molecule has 1 aromatic heterocycles. The number of benzene rings is 2. The third kappa shape index (κ3) is 2.81. The number of nitrogens with one attached hydrogen (secondary N) is 2. The van der Waals surface area contributed by atoms with E-state index in [2.05, 4.69) is 20.7 Å². The molecule has 2 aromatic carbocycles. The summed E-state index contributed by atoms with van der Waals surface area (Å²) in [6, 6.07) is 15.9. The van der Waals surface area contributed by atoms with Gasteiger partial charge in [-0.15, -0.1) is 0 Å². The van der Waals surface area contributed by atoms with Crippen LogP contribution in [-0.2, 0) is 0 Å². The highest BCUT2D eigenvalue weighted by Crippen LogP contribution is 2.26. The number of hydrogen-bond donors (Lipinski definition) is 2. The van der Waals surface area contributed by atoms with Crippen LogP contribution in [0.25, 0.3) is 11.1 Å². The zero-order valence-electron chi connectivity index (χ0n) is 11.5. The van der Waals surface area contributed by atoms with Gasteiger partial charge in [0.15, 0.2) is 5.69 Å². The third-order valence-electron chi connectivity index (χ3n) is 3.23. The molecule has 0 saturated carbocycles. The van der Waals surface area contributed by atoms with Gasteiger partial charge in [0, 0.05) is 5.69 Å². The Labute approximate surface area is 122 Å². The number of aryl methyl sites for hydroxylation is 1. The molecule has 1 amide bonds. The van der Waals surface area contributed by atoms with Gasteiger partial charge in [0.1, 0.15) is 0 Å². The standard InChI is InChI=1S/C16H14N4O/c1-11-7-8-13(18-16(21)15-10-17-20-19-15)9-14(11)12-5-3-2-4-6-12/h2-10H,1H3,(H,18,21)(H,17,19,20). The van der Waals surface area contributed by atoms with E-state index in [4.69, 9.17) is 0 Å². The molecule has 0 fully saturated rings. The molecule has 0 aliphatic carbocycles. The number of carbonyl (C=O) groups is 1. The summed E-state index contributed by atoms with van der Waals surface area (Å²) in [5, 5.41) is 12.6. The van der Waals surface area contributed by atoms with Crippen molar-refractivity contribution in [2.45, 2.75) is 6.92 Å². The van der Waals surface area contributed by atoms with Crippen LogP contribution >= 0.6 is 0 Å². The van der Waals surface area contributed by atoms with Crippen molar-refractivity contribution in [3.8, 4) is 11.1 Å². The minimum atomic E-state index is -0.286. The van der Waals surface area contributed by atoms with Crippen molar-refractivity contribution < 1.29 is 4.79 Å². The van der Waals surface area contributed by atoms with Crippen molar-refractivity contribution >= 4 is 11.6 Å². The van der Waals surface area contributed by atoms with E-state index < -0.39 is 0 Å². The molecule has 1 heterocycles. The van der Waals surface area contributed by atoms with E-state index in [1.807, 2.05) is 55.5 Å². The first-order valence-electron chi connectivity index (χ1n) is 6.57. The second kappa shape index (κ2) is 5.58. The Morgan fingerprint density at radius 1 is 1.14 bits per heavy atom. The lowest BCUT2D eigenvalue weighted by molar-refractivity contribution is 0.102. The molecule has 0 bridgehead atoms. The first-order valence-corrected chi connectivity index (χ1v) is 6.57. The van der Waals surface area contributed by atoms with E-state index in [1.54, 1.807) is 0 Å². The number of anilines is 1. The zero-order chi connectivity index (χ0) is 14.7. The fourth-order valence-corrected chi connectivity index (χ4v) is 2.13. The molecule has 0 radical (unpaired) electrons. The van der Waals surface area contributed by atoms with Crippen molar-refractivity contribution in [2.24, 2.45) is 0 Å². The fraction of sp³-hybridized carbons (Fsp3) is 0.0625. The molecule has 104 valence electrons. The number of nitrogens with zero attached hydrogens (tertiary/aromatic N) is 2. The first kappa shape index (κ1) is 13.1. The lowest BCUT2D eigenvalue weighted by Crippen LogP contribution is -2.12. The molecule has 2 N–H and O–H groups in total. The SMILES string of the molecule is Cc1ccc(NC(=O)c2cn[nH]n2)cc1-c1ccccc1. The van der Waals surface area contributed by atoms with Gasteiger partial charge in [-0.25, -0.2) is 0 Å². The summed E-state index contributed by atoms with van der Waals surface area (Å²) in [7, 11) is 0. The molecular weight excluding hydrogens is 264 g/mol. The summed E-state index contributed by atoms with van der Waals surface area (Å²) in [6.45, 7) is 2.05. The molecule has 3 rings (SSSR count). The van der Waals surface area contributed by atoms with Gasteiger partial charge in [-0.3, -0.25) is 4.79 Å². The van der Waals surface area contributed by atoms with Crippen molar-refractivity contribution in [3.05, 3.63) is 66.0 Å². The fourth-order valence-electron chi connectivity index (χ4n) is 2.13. The maximum Gasteiger partial charge on any atom is 0.277 e. The van der Waals surface area contributed by atoms with E-state index in [-0.39, 0.29) is 11.6 Å². The van der Waals surface area contributed by atoms with Crippen molar-refractivity contribution in [1.29, 1.82) is 0 Å². The Morgan fingerprint density at radius 2 is 1.95 bits per heavy atom. The van der Waals surface area contributed by atoms with E-state index in [9.17, 15) is 4.79 Å². The van der Waals surface area contributed by atoms with E-state index in [0.717, 1.165) is 22.4 Å². The molecule has 5 heteroatoms. The van der Waals surface area contributed by atoms with Crippen LogP contribution in [0.5, 0.6) is 0 Å². The van der Waals surface area contributed by atoms with Crippen LogP contribution in [0.3, 0.4) is 0 Å². The second-order valence-corrected chi connectivity index (χ2v) is 4.71. The molecule has 0 aliphatic heterocycles. The van der Waals surface area contributed by atoms with Gasteiger partial charge in [-0.1, -0.05) is 36.4 Å². The minimum Gasteiger partial charge on any atom is -0.321 e. The normalized spacial score (nSPS) is 10.3. The summed E-state index contributed by atoms with van der Waals surface area (Å²) in [6.07, 6.45) is 1.39. The van der Waals surface area contributed by atoms with Crippen LogP contribution in [0, 0.1) is 6.92 Å². The van der Waals surface area contributed by atoms with Gasteiger partial charge in [-0.2, -0.15) is 15.4 Å². The molecule has 21 heavy (non-hydrogen) atoms. The summed E-state index contributed by atoms with van der Waals surface area (Å²) >= 11 is 0. The van der Waals surface area contributed by atoms with Crippen molar-refractivity contribution in [3.63, 3.8) is 0 Å². The van der Waals surface area contributed by atoms with Crippen LogP contribution in [0.4, 0.5) is 5.69 Å². The summed E-state index contributed by atoms with van der Waals surface area (Å²) < 4.78 is 0. The minimum absolute atomic E-state index is 0.261. The third-order valence-corrected chi connectivity index (χ3v) is 3.23. The highest BCUT2D eigenvalue weighted by atomic mass is 16.2. The van der Waals surface area contributed by atoms with Gasteiger partial charge in [-0.05, 0) is 35.7 Å². The maximum absolute atomic E-state index is 12.0. The molecule has 0 aliphatic rings. The largest absolute Gasteiger partial charge is 0.321 e. The maximum atomic E-state index is 12.0. The Hall–Kier alpha value is -2.95. The number of carbonyl (C=O) groups excluding carboxylic acids is 1. The Bertz CT molecular complexity index is 751. The quantitative estimate of drug-likeness (QED) is 0.773.